The molecule has 1 aromatic rings. The van der Waals surface area contributed by atoms with Crippen LogP contribution in [0.15, 0.2) is 18.2 Å². The molecule has 0 spiro atoms. The number of benzene rings is 1. The topological polar surface area (TPSA) is 27.0 Å². The molecule has 0 aliphatic heterocycles. The molecule has 2 nitrogen and oxygen atoms in total. The van der Waals surface area contributed by atoms with Gasteiger partial charge in [0.1, 0.15) is 11.9 Å². The van der Waals surface area contributed by atoms with Crippen LogP contribution in [0.5, 0.6) is 0 Å². The van der Waals surface area contributed by atoms with Crippen molar-refractivity contribution in [3.8, 4) is 6.07 Å². The maximum absolute atomic E-state index is 13.1. The smallest absolute Gasteiger partial charge is 0.141 e. The molecule has 0 aliphatic rings. The Morgan fingerprint density at radius 2 is 1.93 bits per heavy atom. The van der Waals surface area contributed by atoms with Crippen molar-refractivity contribution in [2.24, 2.45) is 0 Å². The number of nitrogens with zero attached hydrogens (tertiary/aromatic N) is 2. The van der Waals surface area contributed by atoms with E-state index in [2.05, 4.69) is 0 Å². The Bertz CT molecular complexity index is 340. The summed E-state index contributed by atoms with van der Waals surface area (Å²) in [6.07, 6.45) is 0. The lowest BCUT2D eigenvalue weighted by molar-refractivity contribution is 0.401. The van der Waals surface area contributed by atoms with Gasteiger partial charge in [-0.05, 0) is 31.8 Å². The van der Waals surface area contributed by atoms with Gasteiger partial charge in [-0.15, -0.1) is 0 Å². The minimum atomic E-state index is -0.443. The van der Waals surface area contributed by atoms with E-state index in [1.807, 2.05) is 32.8 Å². The van der Waals surface area contributed by atoms with Gasteiger partial charge in [0.25, 0.3) is 0 Å². The maximum Gasteiger partial charge on any atom is 0.141 e. The molecule has 1 aromatic carbocycles. The Kier molecular flexibility index (Phi) is 6.32. The van der Waals surface area contributed by atoms with Crippen LogP contribution in [0.2, 0.25) is 0 Å². The van der Waals surface area contributed by atoms with Crippen LogP contribution in [-0.2, 0) is 6.54 Å². The summed E-state index contributed by atoms with van der Waals surface area (Å²) in [5, 5.41) is 8.49. The second-order valence-electron chi connectivity index (χ2n) is 3.16. The quantitative estimate of drug-likeness (QED) is 0.747. The first-order chi connectivity index (χ1) is 7.13. The van der Waals surface area contributed by atoms with Crippen molar-refractivity contribution >= 4 is 0 Å². The van der Waals surface area contributed by atoms with Gasteiger partial charge in [0.2, 0.25) is 0 Å². The first-order valence-electron chi connectivity index (χ1n) is 4.96. The molecule has 0 fully saturated rings. The minimum absolute atomic E-state index is 0.0995. The molecule has 1 rings (SSSR count). The fourth-order valence-corrected chi connectivity index (χ4v) is 1.11. The average molecular weight is 208 g/mol. The van der Waals surface area contributed by atoms with Gasteiger partial charge >= 0.3 is 0 Å². The fourth-order valence-electron chi connectivity index (χ4n) is 1.11. The Hall–Kier alpha value is -1.40. The second-order valence-corrected chi connectivity index (χ2v) is 3.16. The van der Waals surface area contributed by atoms with E-state index in [1.165, 1.54) is 12.1 Å². The van der Waals surface area contributed by atoms with Crippen molar-refractivity contribution in [1.29, 1.82) is 5.26 Å². The highest BCUT2D eigenvalue weighted by molar-refractivity contribution is 5.33. The SMILES string of the molecule is CC.CN(C)Cc1ccc(C#N)c(F)c1. The molecular weight excluding hydrogens is 191 g/mol. The predicted octanol–water partition coefficient (Wildman–Crippen LogP) is 2.79. The summed E-state index contributed by atoms with van der Waals surface area (Å²) in [6.45, 7) is 4.68. The van der Waals surface area contributed by atoms with Crippen LogP contribution in [0, 0.1) is 17.1 Å². The highest BCUT2D eigenvalue weighted by Crippen LogP contribution is 2.10. The van der Waals surface area contributed by atoms with Crippen LogP contribution >= 0.6 is 0 Å². The number of nitriles is 1. The Morgan fingerprint density at radius 3 is 2.33 bits per heavy atom. The molecule has 0 radical (unpaired) electrons. The van der Waals surface area contributed by atoms with E-state index in [-0.39, 0.29) is 5.56 Å². The molecule has 15 heavy (non-hydrogen) atoms. The molecule has 0 N–H and O–H groups in total. The zero-order chi connectivity index (χ0) is 11.8. The van der Waals surface area contributed by atoms with E-state index >= 15 is 0 Å². The number of rotatable bonds is 2. The molecule has 0 saturated heterocycles. The lowest BCUT2D eigenvalue weighted by Gasteiger charge is -2.09. The standard InChI is InChI=1S/C10H11FN2.C2H6/c1-13(2)7-8-3-4-9(6-12)10(11)5-8;1-2/h3-5H,7H2,1-2H3;1-2H3. The summed E-state index contributed by atoms with van der Waals surface area (Å²) >= 11 is 0. The van der Waals surface area contributed by atoms with Gasteiger partial charge in [0.05, 0.1) is 5.56 Å². The fraction of sp³-hybridized carbons (Fsp3) is 0.417. The first kappa shape index (κ1) is 13.6. The largest absolute Gasteiger partial charge is 0.305 e. The molecule has 0 bridgehead atoms. The summed E-state index contributed by atoms with van der Waals surface area (Å²) < 4.78 is 13.1. The maximum atomic E-state index is 13.1. The van der Waals surface area contributed by atoms with E-state index in [0.29, 0.717) is 6.54 Å². The summed E-state index contributed by atoms with van der Waals surface area (Å²) in [5.74, 6) is -0.443. The number of halogens is 1. The van der Waals surface area contributed by atoms with E-state index in [4.69, 9.17) is 5.26 Å². The molecule has 0 saturated carbocycles. The summed E-state index contributed by atoms with van der Waals surface area (Å²) in [4.78, 5) is 1.95. The molecule has 0 aromatic heterocycles. The summed E-state index contributed by atoms with van der Waals surface area (Å²) in [6, 6.07) is 6.46. The Balaban J connectivity index is 0.000000921. The monoisotopic (exact) mass is 208 g/mol. The van der Waals surface area contributed by atoms with Crippen LogP contribution in [0.4, 0.5) is 4.39 Å². The summed E-state index contributed by atoms with van der Waals surface area (Å²) in [5.41, 5.74) is 0.976. The highest BCUT2D eigenvalue weighted by atomic mass is 19.1. The van der Waals surface area contributed by atoms with Crippen LogP contribution in [0.3, 0.4) is 0 Å². The number of hydrogen-bond acceptors (Lipinski definition) is 2. The zero-order valence-corrected chi connectivity index (χ0v) is 9.71. The van der Waals surface area contributed by atoms with Crippen molar-refractivity contribution in [2.45, 2.75) is 20.4 Å². The van der Waals surface area contributed by atoms with Crippen LogP contribution in [0.25, 0.3) is 0 Å². The third-order valence-corrected chi connectivity index (χ3v) is 1.65. The van der Waals surface area contributed by atoms with Crippen LogP contribution in [-0.4, -0.2) is 19.0 Å². The summed E-state index contributed by atoms with van der Waals surface area (Å²) in [7, 11) is 3.83. The third-order valence-electron chi connectivity index (χ3n) is 1.65. The molecule has 0 heterocycles. The van der Waals surface area contributed by atoms with Gasteiger partial charge < -0.3 is 4.90 Å². The Morgan fingerprint density at radius 1 is 1.33 bits per heavy atom. The van der Waals surface area contributed by atoms with Crippen molar-refractivity contribution in [2.75, 3.05) is 14.1 Å². The normalized spacial score (nSPS) is 9.13. The lowest BCUT2D eigenvalue weighted by atomic mass is 10.1. The predicted molar refractivity (Wildman–Crippen MR) is 59.9 cm³/mol. The lowest BCUT2D eigenvalue weighted by Crippen LogP contribution is -2.10. The molecule has 82 valence electrons. The van der Waals surface area contributed by atoms with Gasteiger partial charge in [-0.1, -0.05) is 19.9 Å². The van der Waals surface area contributed by atoms with Crippen molar-refractivity contribution < 1.29 is 4.39 Å². The van der Waals surface area contributed by atoms with Gasteiger partial charge in [-0.3, -0.25) is 0 Å². The molecule has 0 atom stereocenters. The van der Waals surface area contributed by atoms with Crippen molar-refractivity contribution in [3.05, 3.63) is 35.1 Å². The van der Waals surface area contributed by atoms with Crippen LogP contribution < -0.4 is 0 Å². The van der Waals surface area contributed by atoms with Crippen molar-refractivity contribution in [1.82, 2.24) is 4.90 Å². The van der Waals surface area contributed by atoms with E-state index in [9.17, 15) is 4.39 Å². The number of hydrogen-bond donors (Lipinski definition) is 0. The zero-order valence-electron chi connectivity index (χ0n) is 9.71. The van der Waals surface area contributed by atoms with Gasteiger partial charge in [0, 0.05) is 6.54 Å². The molecule has 0 unspecified atom stereocenters. The Labute approximate surface area is 90.9 Å². The third kappa shape index (κ3) is 4.57. The molecule has 3 heteroatoms. The van der Waals surface area contributed by atoms with E-state index in [1.54, 1.807) is 12.1 Å². The van der Waals surface area contributed by atoms with E-state index < -0.39 is 5.82 Å². The van der Waals surface area contributed by atoms with Gasteiger partial charge in [-0.25, -0.2) is 4.39 Å². The van der Waals surface area contributed by atoms with Gasteiger partial charge in [0.15, 0.2) is 0 Å². The first-order valence-corrected chi connectivity index (χ1v) is 4.96. The molecular formula is C12H17FN2. The minimum Gasteiger partial charge on any atom is -0.305 e. The molecule has 0 amide bonds. The second kappa shape index (κ2) is 6.97. The van der Waals surface area contributed by atoms with Crippen molar-refractivity contribution in [3.63, 3.8) is 0 Å². The highest BCUT2D eigenvalue weighted by Gasteiger charge is 2.02. The van der Waals surface area contributed by atoms with Gasteiger partial charge in [-0.2, -0.15) is 5.26 Å². The van der Waals surface area contributed by atoms with E-state index in [0.717, 1.165) is 5.56 Å². The molecule has 0 aliphatic carbocycles. The van der Waals surface area contributed by atoms with Crippen LogP contribution in [0.1, 0.15) is 25.0 Å². The average Bonchev–Trinajstić information content (AvgIpc) is 2.20.